The van der Waals surface area contributed by atoms with Crippen LogP contribution in [0.5, 0.6) is 0 Å². The topological polar surface area (TPSA) is 50.8 Å². The predicted molar refractivity (Wildman–Crippen MR) is 103 cm³/mol. The molecule has 1 aliphatic carbocycles. The van der Waals surface area contributed by atoms with Crippen LogP contribution in [0, 0.1) is 0 Å². The van der Waals surface area contributed by atoms with E-state index in [0.717, 1.165) is 5.56 Å². The molecule has 22 heavy (non-hydrogen) atoms. The average molecular weight is 417 g/mol. The highest BCUT2D eigenvalue weighted by molar-refractivity contribution is 14.0. The summed E-state index contributed by atoms with van der Waals surface area (Å²) in [6, 6.07) is 8.94. The molecule has 2 N–H and O–H groups in total. The van der Waals surface area contributed by atoms with Crippen LogP contribution in [0.3, 0.4) is 0 Å². The number of guanidine groups is 1. The monoisotopic (exact) mass is 417 g/mol. The quantitative estimate of drug-likeness (QED) is 0.453. The molecule has 0 aliphatic heterocycles. The zero-order chi connectivity index (χ0) is 15.5. The fourth-order valence-electron chi connectivity index (χ4n) is 2.05. The van der Waals surface area contributed by atoms with Gasteiger partial charge in [-0.1, -0.05) is 24.3 Å². The van der Waals surface area contributed by atoms with Crippen molar-refractivity contribution in [3.05, 3.63) is 35.4 Å². The number of benzene rings is 1. The van der Waals surface area contributed by atoms with Crippen molar-refractivity contribution in [1.29, 1.82) is 0 Å². The summed E-state index contributed by atoms with van der Waals surface area (Å²) >= 11 is 0. The Bertz CT molecular complexity index is 507. The first-order valence-corrected chi connectivity index (χ1v) is 7.60. The molecule has 1 saturated carbocycles. The van der Waals surface area contributed by atoms with Crippen LogP contribution in [-0.4, -0.2) is 29.6 Å². The van der Waals surface area contributed by atoms with Crippen molar-refractivity contribution in [3.8, 4) is 0 Å². The van der Waals surface area contributed by atoms with Crippen LogP contribution in [0.15, 0.2) is 29.3 Å². The van der Waals surface area contributed by atoms with E-state index in [-0.39, 0.29) is 29.6 Å². The highest BCUT2D eigenvalue weighted by Gasteiger charge is 2.27. The number of nitrogens with zero attached hydrogens (tertiary/aromatic N) is 2. The second kappa shape index (κ2) is 8.15. The molecule has 0 atom stereocenters. The summed E-state index contributed by atoms with van der Waals surface area (Å²) in [6.45, 7) is 7.44. The van der Waals surface area contributed by atoms with Crippen molar-refractivity contribution < 1.29 is 4.74 Å². The number of nitrogens with two attached hydrogens (primary N) is 1. The van der Waals surface area contributed by atoms with E-state index in [4.69, 9.17) is 10.5 Å². The molecule has 0 unspecified atom stereocenters. The fourth-order valence-corrected chi connectivity index (χ4v) is 2.05. The number of hydrogen-bond acceptors (Lipinski definition) is 2. The molecule has 0 bridgehead atoms. The second-order valence-corrected chi connectivity index (χ2v) is 6.74. The molecule has 0 spiro atoms. The minimum absolute atomic E-state index is 0. The third-order valence-electron chi connectivity index (χ3n) is 3.54. The van der Waals surface area contributed by atoms with Crippen LogP contribution in [0.1, 0.15) is 44.7 Å². The minimum atomic E-state index is -0.119. The van der Waals surface area contributed by atoms with Gasteiger partial charge in [0.25, 0.3) is 0 Å². The van der Waals surface area contributed by atoms with Crippen LogP contribution < -0.4 is 5.73 Å². The van der Waals surface area contributed by atoms with E-state index in [2.05, 4.69) is 48.9 Å². The van der Waals surface area contributed by atoms with Crippen LogP contribution in [0.4, 0.5) is 0 Å². The van der Waals surface area contributed by atoms with Crippen molar-refractivity contribution in [2.24, 2.45) is 10.7 Å². The maximum Gasteiger partial charge on any atom is 0.191 e. The zero-order valence-electron chi connectivity index (χ0n) is 14.0. The third-order valence-corrected chi connectivity index (χ3v) is 3.54. The maximum absolute atomic E-state index is 6.01. The van der Waals surface area contributed by atoms with Gasteiger partial charge in [-0.25, -0.2) is 4.99 Å². The van der Waals surface area contributed by atoms with Gasteiger partial charge in [0, 0.05) is 13.1 Å². The van der Waals surface area contributed by atoms with Crippen molar-refractivity contribution in [2.45, 2.75) is 58.4 Å². The number of hydrogen-bond donors (Lipinski definition) is 1. The lowest BCUT2D eigenvalue weighted by Crippen LogP contribution is -2.35. The van der Waals surface area contributed by atoms with Gasteiger partial charge in [0.15, 0.2) is 5.96 Å². The first-order valence-electron chi connectivity index (χ1n) is 7.60. The van der Waals surface area contributed by atoms with Crippen molar-refractivity contribution in [3.63, 3.8) is 0 Å². The Morgan fingerprint density at radius 2 is 1.95 bits per heavy atom. The predicted octanol–water partition coefficient (Wildman–Crippen LogP) is 3.53. The Morgan fingerprint density at radius 3 is 2.55 bits per heavy atom. The molecular formula is C17H28IN3O. The second-order valence-electron chi connectivity index (χ2n) is 6.74. The van der Waals surface area contributed by atoms with Gasteiger partial charge in [-0.3, -0.25) is 0 Å². The lowest BCUT2D eigenvalue weighted by atomic mass is 10.1. The van der Waals surface area contributed by atoms with Gasteiger partial charge in [-0.2, -0.15) is 0 Å². The zero-order valence-corrected chi connectivity index (χ0v) is 16.3. The normalized spacial score (nSPS) is 15.4. The molecule has 1 fully saturated rings. The Labute approximate surface area is 151 Å². The van der Waals surface area contributed by atoms with Crippen LogP contribution in [-0.2, 0) is 17.9 Å². The number of ether oxygens (including phenoxy) is 1. The average Bonchev–Trinajstić information content (AvgIpc) is 3.26. The Balaban J connectivity index is 0.00000242. The lowest BCUT2D eigenvalue weighted by molar-refractivity contribution is -0.0149. The molecular weight excluding hydrogens is 389 g/mol. The molecule has 4 nitrogen and oxygen atoms in total. The van der Waals surface area contributed by atoms with Crippen molar-refractivity contribution >= 4 is 29.9 Å². The SMILES string of the molecule is CN(C(N)=NCc1cccc(COC(C)(C)C)c1)C1CC1.I. The summed E-state index contributed by atoms with van der Waals surface area (Å²) in [4.78, 5) is 6.56. The Morgan fingerprint density at radius 1 is 1.32 bits per heavy atom. The molecule has 0 saturated heterocycles. The first-order chi connectivity index (χ1) is 9.85. The van der Waals surface area contributed by atoms with E-state index in [9.17, 15) is 0 Å². The molecule has 5 heteroatoms. The lowest BCUT2D eigenvalue weighted by Gasteiger charge is -2.19. The summed E-state index contributed by atoms with van der Waals surface area (Å²) in [5.41, 5.74) is 8.23. The smallest absolute Gasteiger partial charge is 0.191 e. The number of halogens is 1. The summed E-state index contributed by atoms with van der Waals surface area (Å²) in [6.07, 6.45) is 2.46. The summed E-state index contributed by atoms with van der Waals surface area (Å²) in [5.74, 6) is 0.633. The Hall–Kier alpha value is -0.820. The third kappa shape index (κ3) is 6.52. The molecule has 0 radical (unpaired) electrons. The maximum atomic E-state index is 6.01. The van der Waals surface area contributed by atoms with E-state index in [1.807, 2.05) is 13.1 Å². The molecule has 0 amide bonds. The van der Waals surface area contributed by atoms with Gasteiger partial charge in [-0.05, 0) is 44.7 Å². The van der Waals surface area contributed by atoms with Gasteiger partial charge in [0.1, 0.15) is 0 Å². The van der Waals surface area contributed by atoms with E-state index in [1.54, 1.807) is 0 Å². The number of aliphatic imine (C=N–C) groups is 1. The van der Waals surface area contributed by atoms with Gasteiger partial charge in [0.2, 0.25) is 0 Å². The number of rotatable bonds is 5. The van der Waals surface area contributed by atoms with Crippen LogP contribution in [0.25, 0.3) is 0 Å². The van der Waals surface area contributed by atoms with Crippen LogP contribution >= 0.6 is 24.0 Å². The molecule has 124 valence electrons. The summed E-state index contributed by atoms with van der Waals surface area (Å²) < 4.78 is 5.81. The standard InChI is InChI=1S/C17H27N3O.HI/c1-17(2,3)21-12-14-7-5-6-13(10-14)11-19-16(18)20(4)15-8-9-15;/h5-7,10,15H,8-9,11-12H2,1-4H3,(H2,18,19);1H. The summed E-state index contributed by atoms with van der Waals surface area (Å²) in [5, 5.41) is 0. The summed E-state index contributed by atoms with van der Waals surface area (Å²) in [7, 11) is 2.02. The fraction of sp³-hybridized carbons (Fsp3) is 0.588. The van der Waals surface area contributed by atoms with Crippen molar-refractivity contribution in [2.75, 3.05) is 7.05 Å². The van der Waals surface area contributed by atoms with Gasteiger partial charge >= 0.3 is 0 Å². The molecule has 1 aromatic rings. The van der Waals surface area contributed by atoms with Gasteiger partial charge in [-0.15, -0.1) is 24.0 Å². The minimum Gasteiger partial charge on any atom is -0.371 e. The molecule has 0 aromatic heterocycles. The van der Waals surface area contributed by atoms with E-state index in [1.165, 1.54) is 18.4 Å². The molecule has 1 aliphatic rings. The highest BCUT2D eigenvalue weighted by Crippen LogP contribution is 2.25. The Kier molecular flexibility index (Phi) is 7.12. The largest absolute Gasteiger partial charge is 0.371 e. The highest BCUT2D eigenvalue weighted by atomic mass is 127. The molecule has 0 heterocycles. The first kappa shape index (κ1) is 19.2. The van der Waals surface area contributed by atoms with E-state index < -0.39 is 0 Å². The van der Waals surface area contributed by atoms with E-state index >= 15 is 0 Å². The van der Waals surface area contributed by atoms with Crippen LogP contribution in [0.2, 0.25) is 0 Å². The molecule has 2 rings (SSSR count). The molecule has 1 aromatic carbocycles. The van der Waals surface area contributed by atoms with Gasteiger partial charge < -0.3 is 15.4 Å². The van der Waals surface area contributed by atoms with E-state index in [0.29, 0.717) is 25.2 Å². The van der Waals surface area contributed by atoms with Crippen molar-refractivity contribution in [1.82, 2.24) is 4.90 Å². The van der Waals surface area contributed by atoms with Gasteiger partial charge in [0.05, 0.1) is 18.8 Å².